The van der Waals surface area contributed by atoms with Crippen molar-refractivity contribution < 1.29 is 14.7 Å². The van der Waals surface area contributed by atoms with Gasteiger partial charge in [0.1, 0.15) is 0 Å². The molecule has 3 N–H and O–H groups in total. The molecule has 2 fully saturated rings. The third kappa shape index (κ3) is 3.51. The van der Waals surface area contributed by atoms with Gasteiger partial charge in [-0.25, -0.2) is 0 Å². The lowest BCUT2D eigenvalue weighted by Crippen LogP contribution is -2.47. The van der Waals surface area contributed by atoms with Gasteiger partial charge in [0.05, 0.1) is 5.92 Å². The van der Waals surface area contributed by atoms with Gasteiger partial charge in [-0.05, 0) is 37.5 Å². The number of likely N-dealkylation sites (tertiary alicyclic amines) is 1. The lowest BCUT2D eigenvalue weighted by molar-refractivity contribution is -0.139. The largest absolute Gasteiger partial charge is 0.481 e. The second kappa shape index (κ2) is 6.57. The van der Waals surface area contributed by atoms with Crippen molar-refractivity contribution in [3.05, 3.63) is 0 Å². The Morgan fingerprint density at radius 1 is 1.30 bits per heavy atom. The highest BCUT2D eigenvalue weighted by Crippen LogP contribution is 2.30. The van der Waals surface area contributed by atoms with E-state index in [4.69, 9.17) is 10.8 Å². The van der Waals surface area contributed by atoms with Crippen LogP contribution < -0.4 is 5.73 Å². The van der Waals surface area contributed by atoms with E-state index in [9.17, 15) is 9.59 Å². The Bertz CT molecular complexity index is 372. The maximum absolute atomic E-state index is 12.5. The molecule has 5 heteroatoms. The van der Waals surface area contributed by atoms with Crippen LogP contribution in [0.5, 0.6) is 0 Å². The molecule has 2 aliphatic rings. The van der Waals surface area contributed by atoms with Crippen LogP contribution in [0, 0.1) is 17.8 Å². The molecule has 1 saturated carbocycles. The SMILES string of the molecule is CC(CC(=O)O)C1CCCN(C(=O)C2CCCC2N)C1. The van der Waals surface area contributed by atoms with Crippen LogP contribution in [-0.4, -0.2) is 41.0 Å². The number of carbonyl (C=O) groups is 2. The van der Waals surface area contributed by atoms with Crippen LogP contribution in [0.1, 0.15) is 45.4 Å². The van der Waals surface area contributed by atoms with Gasteiger partial charge < -0.3 is 15.7 Å². The van der Waals surface area contributed by atoms with Crippen molar-refractivity contribution in [3.8, 4) is 0 Å². The molecule has 4 unspecified atom stereocenters. The van der Waals surface area contributed by atoms with Crippen LogP contribution in [0.2, 0.25) is 0 Å². The number of rotatable bonds is 4. The van der Waals surface area contributed by atoms with Crippen molar-refractivity contribution in [2.24, 2.45) is 23.5 Å². The lowest BCUT2D eigenvalue weighted by Gasteiger charge is -2.37. The first-order chi connectivity index (χ1) is 9.49. The zero-order chi connectivity index (χ0) is 14.7. The number of hydrogen-bond donors (Lipinski definition) is 2. The fourth-order valence-electron chi connectivity index (χ4n) is 3.65. The van der Waals surface area contributed by atoms with Gasteiger partial charge in [-0.2, -0.15) is 0 Å². The molecule has 0 aromatic rings. The zero-order valence-corrected chi connectivity index (χ0v) is 12.3. The summed E-state index contributed by atoms with van der Waals surface area (Å²) in [5.41, 5.74) is 6.02. The van der Waals surface area contributed by atoms with E-state index in [-0.39, 0.29) is 30.2 Å². The van der Waals surface area contributed by atoms with Crippen LogP contribution >= 0.6 is 0 Å². The fraction of sp³-hybridized carbons (Fsp3) is 0.867. The normalized spacial score (nSPS) is 32.1. The topological polar surface area (TPSA) is 83.6 Å². The molecule has 5 nitrogen and oxygen atoms in total. The number of nitrogens with zero attached hydrogens (tertiary/aromatic N) is 1. The van der Waals surface area contributed by atoms with Crippen LogP contribution in [-0.2, 0) is 9.59 Å². The lowest BCUT2D eigenvalue weighted by atomic mass is 9.84. The Morgan fingerprint density at radius 2 is 2.05 bits per heavy atom. The summed E-state index contributed by atoms with van der Waals surface area (Å²) in [6.07, 6.45) is 5.09. The Labute approximate surface area is 120 Å². The molecule has 2 rings (SSSR count). The molecule has 1 aliphatic carbocycles. The number of aliphatic carboxylic acids is 1. The van der Waals surface area contributed by atoms with Gasteiger partial charge in [-0.3, -0.25) is 9.59 Å². The molecular weight excluding hydrogens is 256 g/mol. The number of amides is 1. The van der Waals surface area contributed by atoms with Crippen LogP contribution in [0.15, 0.2) is 0 Å². The smallest absolute Gasteiger partial charge is 0.303 e. The summed E-state index contributed by atoms with van der Waals surface area (Å²) < 4.78 is 0. The minimum atomic E-state index is -0.751. The van der Waals surface area contributed by atoms with Crippen LogP contribution in [0.3, 0.4) is 0 Å². The average molecular weight is 282 g/mol. The Balaban J connectivity index is 1.92. The summed E-state index contributed by atoms with van der Waals surface area (Å²) in [7, 11) is 0. The fourth-order valence-corrected chi connectivity index (χ4v) is 3.65. The maximum Gasteiger partial charge on any atom is 0.303 e. The summed E-state index contributed by atoms with van der Waals surface area (Å²) in [6, 6.07) is 0.0133. The number of carbonyl (C=O) groups excluding carboxylic acids is 1. The van der Waals surface area contributed by atoms with E-state index < -0.39 is 5.97 Å². The molecule has 0 spiro atoms. The Kier molecular flexibility index (Phi) is 5.02. The van der Waals surface area contributed by atoms with Crippen molar-refractivity contribution in [2.45, 2.75) is 51.5 Å². The predicted octanol–water partition coefficient (Wildman–Crippen LogP) is 1.46. The standard InChI is InChI=1S/C15H26N2O3/c1-10(8-14(18)19)11-4-3-7-17(9-11)15(20)12-5-2-6-13(12)16/h10-13H,2-9,16H2,1H3,(H,18,19). The van der Waals surface area contributed by atoms with Gasteiger partial charge in [0.25, 0.3) is 0 Å². The highest BCUT2D eigenvalue weighted by Gasteiger charge is 2.36. The van der Waals surface area contributed by atoms with Gasteiger partial charge in [0, 0.05) is 25.6 Å². The Morgan fingerprint density at radius 3 is 2.65 bits per heavy atom. The van der Waals surface area contributed by atoms with Crippen molar-refractivity contribution in [2.75, 3.05) is 13.1 Å². The van der Waals surface area contributed by atoms with E-state index in [0.29, 0.717) is 12.5 Å². The van der Waals surface area contributed by atoms with Gasteiger partial charge in [0.2, 0.25) is 5.91 Å². The Hall–Kier alpha value is -1.10. The third-order valence-corrected chi connectivity index (χ3v) is 4.96. The molecule has 1 aliphatic heterocycles. The quantitative estimate of drug-likeness (QED) is 0.817. The summed E-state index contributed by atoms with van der Waals surface area (Å²) in [6.45, 7) is 3.49. The number of hydrogen-bond acceptors (Lipinski definition) is 3. The highest BCUT2D eigenvalue weighted by molar-refractivity contribution is 5.80. The molecular formula is C15H26N2O3. The molecule has 1 saturated heterocycles. The number of nitrogens with two attached hydrogens (primary N) is 1. The van der Waals surface area contributed by atoms with Gasteiger partial charge in [-0.1, -0.05) is 13.3 Å². The van der Waals surface area contributed by atoms with Gasteiger partial charge in [-0.15, -0.1) is 0 Å². The maximum atomic E-state index is 12.5. The first kappa shape index (κ1) is 15.3. The molecule has 0 radical (unpaired) electrons. The predicted molar refractivity (Wildman–Crippen MR) is 76.0 cm³/mol. The van der Waals surface area contributed by atoms with E-state index in [1.807, 2.05) is 11.8 Å². The molecule has 4 atom stereocenters. The van der Waals surface area contributed by atoms with Crippen molar-refractivity contribution >= 4 is 11.9 Å². The van der Waals surface area contributed by atoms with Crippen molar-refractivity contribution in [1.82, 2.24) is 4.90 Å². The number of carboxylic acid groups (broad SMARTS) is 1. The first-order valence-corrected chi connectivity index (χ1v) is 7.75. The van der Waals surface area contributed by atoms with E-state index in [2.05, 4.69) is 0 Å². The molecule has 0 aromatic heterocycles. The molecule has 0 bridgehead atoms. The van der Waals surface area contributed by atoms with Crippen molar-refractivity contribution in [3.63, 3.8) is 0 Å². The summed E-state index contributed by atoms with van der Waals surface area (Å²) >= 11 is 0. The molecule has 1 amide bonds. The summed E-state index contributed by atoms with van der Waals surface area (Å²) in [5.74, 6) is -0.133. The van der Waals surface area contributed by atoms with E-state index in [1.165, 1.54) is 0 Å². The first-order valence-electron chi connectivity index (χ1n) is 7.75. The van der Waals surface area contributed by atoms with E-state index in [0.717, 1.165) is 38.6 Å². The second-order valence-electron chi connectivity index (χ2n) is 6.46. The second-order valence-corrected chi connectivity index (χ2v) is 6.46. The van der Waals surface area contributed by atoms with Crippen LogP contribution in [0.4, 0.5) is 0 Å². The van der Waals surface area contributed by atoms with Crippen molar-refractivity contribution in [1.29, 1.82) is 0 Å². The number of carboxylic acids is 1. The van der Waals surface area contributed by atoms with Gasteiger partial charge >= 0.3 is 5.97 Å². The van der Waals surface area contributed by atoms with E-state index in [1.54, 1.807) is 0 Å². The summed E-state index contributed by atoms with van der Waals surface area (Å²) in [4.78, 5) is 25.3. The molecule has 0 aromatic carbocycles. The summed E-state index contributed by atoms with van der Waals surface area (Å²) in [5, 5.41) is 8.90. The monoisotopic (exact) mass is 282 g/mol. The van der Waals surface area contributed by atoms with Gasteiger partial charge in [0.15, 0.2) is 0 Å². The van der Waals surface area contributed by atoms with Crippen LogP contribution in [0.25, 0.3) is 0 Å². The molecule has 20 heavy (non-hydrogen) atoms. The number of piperidine rings is 1. The third-order valence-electron chi connectivity index (χ3n) is 4.96. The van der Waals surface area contributed by atoms with E-state index >= 15 is 0 Å². The minimum Gasteiger partial charge on any atom is -0.481 e. The minimum absolute atomic E-state index is 0.0106. The zero-order valence-electron chi connectivity index (χ0n) is 12.3. The molecule has 1 heterocycles. The molecule has 114 valence electrons. The average Bonchev–Trinajstić information content (AvgIpc) is 2.83. The highest BCUT2D eigenvalue weighted by atomic mass is 16.4.